The van der Waals surface area contributed by atoms with Gasteiger partial charge in [-0.2, -0.15) is 13.2 Å². The quantitative estimate of drug-likeness (QED) is 0.670. The highest BCUT2D eigenvalue weighted by Crippen LogP contribution is 2.36. The first-order valence-electron chi connectivity index (χ1n) is 7.41. The van der Waals surface area contributed by atoms with Crippen molar-refractivity contribution in [2.24, 2.45) is 7.05 Å². The summed E-state index contributed by atoms with van der Waals surface area (Å²) >= 11 is 1.21. The molecule has 2 aromatic carbocycles. The summed E-state index contributed by atoms with van der Waals surface area (Å²) < 4.78 is 44.1. The molecule has 0 radical (unpaired) electrons. The molecule has 0 bridgehead atoms. The fraction of sp³-hybridized carbons (Fsp3) is 0.167. The molecule has 0 atom stereocenters. The first kappa shape index (κ1) is 17.4. The van der Waals surface area contributed by atoms with Crippen molar-refractivity contribution in [2.45, 2.75) is 6.18 Å². The Morgan fingerprint density at radius 3 is 2.40 bits per heavy atom. The molecule has 1 heterocycles. The summed E-state index contributed by atoms with van der Waals surface area (Å²) in [7, 11) is 1.59. The summed E-state index contributed by atoms with van der Waals surface area (Å²) in [6, 6.07) is 10.8. The maximum absolute atomic E-state index is 13.3. The summed E-state index contributed by atoms with van der Waals surface area (Å²) in [6.45, 7) is 0. The Hall–Kier alpha value is -2.41. The largest absolute Gasteiger partial charge is 0.416 e. The predicted octanol–water partition coefficient (Wildman–Crippen LogP) is 4.91. The van der Waals surface area contributed by atoms with Crippen LogP contribution in [0.25, 0.3) is 21.9 Å². The first-order chi connectivity index (χ1) is 11.8. The molecule has 130 valence electrons. The highest BCUT2D eigenvalue weighted by molar-refractivity contribution is 7.99. The van der Waals surface area contributed by atoms with E-state index in [1.807, 2.05) is 0 Å². The topological polar surface area (TPSA) is 34.0 Å². The second kappa shape index (κ2) is 6.48. The lowest BCUT2D eigenvalue weighted by molar-refractivity contribution is -0.137. The molecule has 0 aliphatic rings. The van der Waals surface area contributed by atoms with Gasteiger partial charge in [-0.1, -0.05) is 30.1 Å². The SMILES string of the molecule is CSNc1cc(-c2cn(C)c(=O)c3ccccc23)cc(C(F)(F)F)c1. The number of anilines is 1. The van der Waals surface area contributed by atoms with Crippen molar-refractivity contribution in [1.82, 2.24) is 4.57 Å². The van der Waals surface area contributed by atoms with Gasteiger partial charge in [-0.25, -0.2) is 0 Å². The molecule has 1 N–H and O–H groups in total. The van der Waals surface area contributed by atoms with E-state index in [0.717, 1.165) is 12.1 Å². The highest BCUT2D eigenvalue weighted by atomic mass is 32.2. The van der Waals surface area contributed by atoms with Crippen LogP contribution < -0.4 is 10.3 Å². The Morgan fingerprint density at radius 2 is 1.76 bits per heavy atom. The Bertz CT molecular complexity index is 996. The van der Waals surface area contributed by atoms with Crippen LogP contribution >= 0.6 is 11.9 Å². The van der Waals surface area contributed by atoms with Crippen molar-refractivity contribution in [3.63, 3.8) is 0 Å². The lowest BCUT2D eigenvalue weighted by Crippen LogP contribution is -2.16. The van der Waals surface area contributed by atoms with E-state index in [1.165, 1.54) is 16.5 Å². The lowest BCUT2D eigenvalue weighted by Gasteiger charge is -2.15. The molecular weight excluding hydrogens is 349 g/mol. The lowest BCUT2D eigenvalue weighted by atomic mass is 9.98. The van der Waals surface area contributed by atoms with Crippen LogP contribution in [0.15, 0.2) is 53.5 Å². The van der Waals surface area contributed by atoms with Crippen LogP contribution in [0.2, 0.25) is 0 Å². The van der Waals surface area contributed by atoms with Crippen LogP contribution in [-0.2, 0) is 13.2 Å². The van der Waals surface area contributed by atoms with E-state index >= 15 is 0 Å². The Balaban J connectivity index is 2.33. The smallest absolute Gasteiger partial charge is 0.330 e. The number of alkyl halides is 3. The first-order valence-corrected chi connectivity index (χ1v) is 8.64. The number of rotatable bonds is 3. The molecule has 3 rings (SSSR count). The molecule has 0 aliphatic carbocycles. The van der Waals surface area contributed by atoms with Gasteiger partial charge < -0.3 is 9.29 Å². The molecule has 25 heavy (non-hydrogen) atoms. The van der Waals surface area contributed by atoms with E-state index in [4.69, 9.17) is 0 Å². The summed E-state index contributed by atoms with van der Waals surface area (Å²) in [5, 5.41) is 1.10. The van der Waals surface area contributed by atoms with Crippen LogP contribution in [0.3, 0.4) is 0 Å². The van der Waals surface area contributed by atoms with E-state index in [1.54, 1.807) is 49.8 Å². The number of hydrogen-bond donors (Lipinski definition) is 1. The molecule has 0 saturated carbocycles. The van der Waals surface area contributed by atoms with Gasteiger partial charge in [0.1, 0.15) is 0 Å². The van der Waals surface area contributed by atoms with Crippen molar-refractivity contribution >= 4 is 28.4 Å². The van der Waals surface area contributed by atoms with Gasteiger partial charge in [-0.05, 0) is 35.2 Å². The van der Waals surface area contributed by atoms with Gasteiger partial charge in [0.25, 0.3) is 5.56 Å². The van der Waals surface area contributed by atoms with Gasteiger partial charge in [0.2, 0.25) is 0 Å². The second-order valence-electron chi connectivity index (χ2n) is 5.61. The second-order valence-corrected chi connectivity index (χ2v) is 6.22. The molecular formula is C18H15F3N2OS. The average Bonchev–Trinajstić information content (AvgIpc) is 2.57. The van der Waals surface area contributed by atoms with Crippen molar-refractivity contribution in [3.8, 4) is 11.1 Å². The van der Waals surface area contributed by atoms with Crippen LogP contribution in [0, 0.1) is 0 Å². The molecule has 0 unspecified atom stereocenters. The van der Waals surface area contributed by atoms with E-state index in [2.05, 4.69) is 4.72 Å². The third kappa shape index (κ3) is 3.37. The third-order valence-corrected chi connectivity index (χ3v) is 4.32. The number of pyridine rings is 1. The fourth-order valence-corrected chi connectivity index (χ4v) is 3.12. The third-order valence-electron chi connectivity index (χ3n) is 3.88. The number of nitrogens with zero attached hydrogens (tertiary/aromatic N) is 1. The number of benzene rings is 2. The minimum atomic E-state index is -4.46. The minimum Gasteiger partial charge on any atom is -0.330 e. The van der Waals surface area contributed by atoms with E-state index in [9.17, 15) is 18.0 Å². The molecule has 0 fully saturated rings. The normalized spacial score (nSPS) is 11.7. The van der Waals surface area contributed by atoms with Crippen LogP contribution in [0.4, 0.5) is 18.9 Å². The van der Waals surface area contributed by atoms with E-state index in [-0.39, 0.29) is 5.56 Å². The Kier molecular flexibility index (Phi) is 4.51. The highest BCUT2D eigenvalue weighted by Gasteiger charge is 2.31. The summed E-state index contributed by atoms with van der Waals surface area (Å²) in [5.74, 6) is 0. The maximum atomic E-state index is 13.3. The van der Waals surface area contributed by atoms with E-state index < -0.39 is 11.7 Å². The van der Waals surface area contributed by atoms with Crippen molar-refractivity contribution in [2.75, 3.05) is 11.0 Å². The predicted molar refractivity (Wildman–Crippen MR) is 96.8 cm³/mol. The molecule has 0 spiro atoms. The number of halogens is 3. The average molecular weight is 364 g/mol. The number of aryl methyl sites for hydroxylation is 1. The maximum Gasteiger partial charge on any atom is 0.416 e. The van der Waals surface area contributed by atoms with Gasteiger partial charge >= 0.3 is 6.18 Å². The van der Waals surface area contributed by atoms with Crippen LogP contribution in [0.5, 0.6) is 0 Å². The molecule has 0 amide bonds. The van der Waals surface area contributed by atoms with Gasteiger partial charge in [0, 0.05) is 36.1 Å². The van der Waals surface area contributed by atoms with Crippen LogP contribution in [-0.4, -0.2) is 10.8 Å². The number of aromatic nitrogens is 1. The van der Waals surface area contributed by atoms with Gasteiger partial charge in [0.05, 0.1) is 5.56 Å². The van der Waals surface area contributed by atoms with Crippen molar-refractivity contribution in [1.29, 1.82) is 0 Å². The van der Waals surface area contributed by atoms with Crippen molar-refractivity contribution < 1.29 is 13.2 Å². The molecule has 0 aliphatic heterocycles. The zero-order valence-corrected chi connectivity index (χ0v) is 14.3. The summed E-state index contributed by atoms with van der Waals surface area (Å²) in [6.07, 6.45) is -1.15. The fourth-order valence-electron chi connectivity index (χ4n) is 2.77. The molecule has 3 nitrogen and oxygen atoms in total. The summed E-state index contributed by atoms with van der Waals surface area (Å²) in [4.78, 5) is 12.3. The van der Waals surface area contributed by atoms with Gasteiger partial charge in [-0.3, -0.25) is 4.79 Å². The zero-order valence-electron chi connectivity index (χ0n) is 13.5. The van der Waals surface area contributed by atoms with Crippen molar-refractivity contribution in [3.05, 3.63) is 64.6 Å². The summed E-state index contributed by atoms with van der Waals surface area (Å²) in [5.41, 5.74) is 0.412. The van der Waals surface area contributed by atoms with Crippen LogP contribution in [0.1, 0.15) is 5.56 Å². The van der Waals surface area contributed by atoms with Gasteiger partial charge in [-0.15, -0.1) is 0 Å². The molecule has 1 aromatic heterocycles. The Morgan fingerprint density at radius 1 is 1.08 bits per heavy atom. The number of fused-ring (bicyclic) bond motifs is 1. The Labute approximate surface area is 146 Å². The minimum absolute atomic E-state index is 0.186. The molecule has 3 aromatic rings. The standard InChI is InChI=1S/C18H15F3N2OS/c1-23-10-16(14-5-3-4-6-15(14)17(23)24)11-7-12(18(19,20)21)9-13(8-11)22-25-2/h3-10,22H,1-2H3. The monoisotopic (exact) mass is 364 g/mol. The van der Waals surface area contributed by atoms with Gasteiger partial charge in [0.15, 0.2) is 0 Å². The number of nitrogens with one attached hydrogen (secondary N) is 1. The molecule has 0 saturated heterocycles. The van der Waals surface area contributed by atoms with E-state index in [0.29, 0.717) is 27.6 Å². The number of hydrogen-bond acceptors (Lipinski definition) is 3. The molecule has 7 heteroatoms. The zero-order chi connectivity index (χ0) is 18.2.